The molecule has 0 radical (unpaired) electrons. The standard InChI is InChI=1S/C20H20N4O2S2/c1-14(21-18(26)16-10-6-3-7-11-16)12-17(25)22-19-23-24-20(28-19)27-13-15-8-4-2-5-9-15/h2-11,14H,12-13H2,1H3,(H,21,26)(H,22,23,25). The Bertz CT molecular complexity index is 916. The molecule has 144 valence electrons. The molecule has 8 heteroatoms. The topological polar surface area (TPSA) is 84.0 Å². The van der Waals surface area contributed by atoms with Crippen LogP contribution in [-0.4, -0.2) is 28.1 Å². The summed E-state index contributed by atoms with van der Waals surface area (Å²) in [5.74, 6) is 0.388. The molecule has 1 unspecified atom stereocenters. The highest BCUT2D eigenvalue weighted by Gasteiger charge is 2.15. The number of aromatic nitrogens is 2. The van der Waals surface area contributed by atoms with Crippen LogP contribution in [-0.2, 0) is 10.5 Å². The van der Waals surface area contributed by atoms with Crippen molar-refractivity contribution in [3.8, 4) is 0 Å². The first kappa shape index (κ1) is 20.0. The Labute approximate surface area is 171 Å². The molecule has 0 aliphatic rings. The molecule has 3 rings (SSSR count). The lowest BCUT2D eigenvalue weighted by Crippen LogP contribution is -2.35. The molecule has 1 aromatic heterocycles. The zero-order chi connectivity index (χ0) is 19.8. The van der Waals surface area contributed by atoms with Crippen LogP contribution in [0.15, 0.2) is 65.0 Å². The van der Waals surface area contributed by atoms with E-state index in [9.17, 15) is 9.59 Å². The summed E-state index contributed by atoms with van der Waals surface area (Å²) in [6, 6.07) is 18.7. The summed E-state index contributed by atoms with van der Waals surface area (Å²) in [4.78, 5) is 24.3. The first-order valence-corrected chi connectivity index (χ1v) is 10.6. The molecule has 2 amide bonds. The monoisotopic (exact) mass is 412 g/mol. The molecule has 1 heterocycles. The van der Waals surface area contributed by atoms with Crippen LogP contribution >= 0.6 is 23.1 Å². The van der Waals surface area contributed by atoms with Crippen LogP contribution in [0.1, 0.15) is 29.3 Å². The Balaban J connectivity index is 1.44. The maximum absolute atomic E-state index is 12.2. The number of rotatable bonds is 8. The van der Waals surface area contributed by atoms with E-state index in [2.05, 4.69) is 33.0 Å². The molecule has 0 saturated carbocycles. The molecule has 0 spiro atoms. The fraction of sp³-hybridized carbons (Fsp3) is 0.200. The van der Waals surface area contributed by atoms with Gasteiger partial charge < -0.3 is 10.6 Å². The highest BCUT2D eigenvalue weighted by atomic mass is 32.2. The van der Waals surface area contributed by atoms with Crippen molar-refractivity contribution < 1.29 is 9.59 Å². The summed E-state index contributed by atoms with van der Waals surface area (Å²) in [7, 11) is 0. The van der Waals surface area contributed by atoms with Crippen LogP contribution in [0.5, 0.6) is 0 Å². The van der Waals surface area contributed by atoms with Crippen molar-refractivity contribution in [1.29, 1.82) is 0 Å². The van der Waals surface area contributed by atoms with Crippen molar-refractivity contribution in [2.75, 3.05) is 5.32 Å². The van der Waals surface area contributed by atoms with Gasteiger partial charge in [0.05, 0.1) is 0 Å². The van der Waals surface area contributed by atoms with Gasteiger partial charge in [0.25, 0.3) is 5.91 Å². The Hall–Kier alpha value is -2.71. The molecule has 3 aromatic rings. The number of thioether (sulfide) groups is 1. The van der Waals surface area contributed by atoms with Gasteiger partial charge in [-0.1, -0.05) is 71.6 Å². The second-order valence-corrected chi connectivity index (χ2v) is 8.34. The van der Waals surface area contributed by atoms with Crippen molar-refractivity contribution in [3.63, 3.8) is 0 Å². The molecule has 0 saturated heterocycles. The van der Waals surface area contributed by atoms with Crippen molar-refractivity contribution in [2.45, 2.75) is 29.5 Å². The summed E-state index contributed by atoms with van der Waals surface area (Å²) in [6.45, 7) is 1.79. The van der Waals surface area contributed by atoms with E-state index < -0.39 is 0 Å². The van der Waals surface area contributed by atoms with Gasteiger partial charge in [-0.3, -0.25) is 9.59 Å². The maximum Gasteiger partial charge on any atom is 0.251 e. The highest BCUT2D eigenvalue weighted by Crippen LogP contribution is 2.28. The van der Waals surface area contributed by atoms with E-state index in [4.69, 9.17) is 0 Å². The van der Waals surface area contributed by atoms with Crippen molar-refractivity contribution in [2.24, 2.45) is 0 Å². The third-order valence-electron chi connectivity index (χ3n) is 3.76. The summed E-state index contributed by atoms with van der Waals surface area (Å²) in [5.41, 5.74) is 1.77. The molecule has 2 aromatic carbocycles. The molecule has 1 atom stereocenters. The molecular formula is C20H20N4O2S2. The number of anilines is 1. The number of nitrogens with zero attached hydrogens (tertiary/aromatic N) is 2. The lowest BCUT2D eigenvalue weighted by Gasteiger charge is -2.13. The van der Waals surface area contributed by atoms with Gasteiger partial charge in [-0.15, -0.1) is 10.2 Å². The van der Waals surface area contributed by atoms with Crippen molar-refractivity contribution in [1.82, 2.24) is 15.5 Å². The normalized spacial score (nSPS) is 11.6. The number of hydrogen-bond acceptors (Lipinski definition) is 6. The largest absolute Gasteiger partial charge is 0.349 e. The zero-order valence-electron chi connectivity index (χ0n) is 15.3. The average molecular weight is 413 g/mol. The van der Waals surface area contributed by atoms with E-state index >= 15 is 0 Å². The molecule has 28 heavy (non-hydrogen) atoms. The van der Waals surface area contributed by atoms with Gasteiger partial charge in [-0.05, 0) is 24.6 Å². The summed E-state index contributed by atoms with van der Waals surface area (Å²) in [6.07, 6.45) is 0.157. The third kappa shape index (κ3) is 6.17. The molecule has 0 aliphatic heterocycles. The van der Waals surface area contributed by atoms with Crippen LogP contribution < -0.4 is 10.6 Å². The predicted molar refractivity (Wildman–Crippen MR) is 113 cm³/mol. The maximum atomic E-state index is 12.2. The summed E-state index contributed by atoms with van der Waals surface area (Å²) < 4.78 is 0.796. The molecule has 0 aliphatic carbocycles. The first-order chi connectivity index (χ1) is 13.6. The van der Waals surface area contributed by atoms with Crippen molar-refractivity contribution in [3.05, 3.63) is 71.8 Å². The van der Waals surface area contributed by atoms with E-state index in [0.717, 1.165) is 10.1 Å². The van der Waals surface area contributed by atoms with Gasteiger partial charge in [0, 0.05) is 23.8 Å². The Kier molecular flexibility index (Phi) is 7.16. The van der Waals surface area contributed by atoms with E-state index in [1.54, 1.807) is 43.0 Å². The lowest BCUT2D eigenvalue weighted by atomic mass is 10.1. The molecule has 2 N–H and O–H groups in total. The minimum absolute atomic E-state index is 0.157. The Morgan fingerprint density at radius 1 is 1.04 bits per heavy atom. The quantitative estimate of drug-likeness (QED) is 0.432. The van der Waals surface area contributed by atoms with Crippen LogP contribution in [0.25, 0.3) is 0 Å². The fourth-order valence-corrected chi connectivity index (χ4v) is 4.16. The van der Waals surface area contributed by atoms with Crippen LogP contribution in [0.4, 0.5) is 5.13 Å². The number of hydrogen-bond donors (Lipinski definition) is 2. The Morgan fingerprint density at radius 2 is 1.71 bits per heavy atom. The smallest absolute Gasteiger partial charge is 0.251 e. The van der Waals surface area contributed by atoms with E-state index in [1.165, 1.54) is 16.9 Å². The zero-order valence-corrected chi connectivity index (χ0v) is 16.9. The van der Waals surface area contributed by atoms with Gasteiger partial charge in [-0.2, -0.15) is 0 Å². The first-order valence-electron chi connectivity index (χ1n) is 8.76. The van der Waals surface area contributed by atoms with Crippen LogP contribution in [0, 0.1) is 0 Å². The van der Waals surface area contributed by atoms with E-state index in [1.807, 2.05) is 24.3 Å². The predicted octanol–water partition coefficient (Wildman–Crippen LogP) is 3.98. The third-order valence-corrected chi connectivity index (χ3v) is 5.81. The minimum Gasteiger partial charge on any atom is -0.349 e. The number of nitrogens with one attached hydrogen (secondary N) is 2. The van der Waals surface area contributed by atoms with E-state index in [-0.39, 0.29) is 24.3 Å². The number of carbonyl (C=O) groups is 2. The molecule has 0 bridgehead atoms. The van der Waals surface area contributed by atoms with Gasteiger partial charge in [0.2, 0.25) is 11.0 Å². The molecule has 0 fully saturated rings. The van der Waals surface area contributed by atoms with Crippen LogP contribution in [0.3, 0.4) is 0 Å². The second kappa shape index (κ2) is 10.0. The summed E-state index contributed by atoms with van der Waals surface area (Å²) in [5, 5.41) is 14.1. The number of benzene rings is 2. The average Bonchev–Trinajstić information content (AvgIpc) is 3.14. The Morgan fingerprint density at radius 3 is 2.43 bits per heavy atom. The van der Waals surface area contributed by atoms with Gasteiger partial charge >= 0.3 is 0 Å². The molecule has 6 nitrogen and oxygen atoms in total. The van der Waals surface area contributed by atoms with Gasteiger partial charge in [0.1, 0.15) is 0 Å². The summed E-state index contributed by atoms with van der Waals surface area (Å²) >= 11 is 2.92. The SMILES string of the molecule is CC(CC(=O)Nc1nnc(SCc2ccccc2)s1)NC(=O)c1ccccc1. The van der Waals surface area contributed by atoms with Crippen LogP contribution in [0.2, 0.25) is 0 Å². The number of carbonyl (C=O) groups excluding carboxylic acids is 2. The lowest BCUT2D eigenvalue weighted by molar-refractivity contribution is -0.116. The van der Waals surface area contributed by atoms with Crippen molar-refractivity contribution >= 4 is 40.0 Å². The fourth-order valence-electron chi connectivity index (χ4n) is 2.43. The van der Waals surface area contributed by atoms with Gasteiger partial charge in [-0.25, -0.2) is 0 Å². The van der Waals surface area contributed by atoms with E-state index in [0.29, 0.717) is 10.7 Å². The van der Waals surface area contributed by atoms with Gasteiger partial charge in [0.15, 0.2) is 4.34 Å². The number of amides is 2. The minimum atomic E-state index is -0.299. The molecular weight excluding hydrogens is 392 g/mol. The highest BCUT2D eigenvalue weighted by molar-refractivity contribution is 8.00. The second-order valence-electron chi connectivity index (χ2n) is 6.14.